The molecule has 2 aromatic carbocycles. The molecule has 0 spiro atoms. The molecule has 26 heavy (non-hydrogen) atoms. The van der Waals surface area contributed by atoms with Crippen LogP contribution in [0.1, 0.15) is 18.1 Å². The molecule has 136 valence electrons. The van der Waals surface area contributed by atoms with Gasteiger partial charge < -0.3 is 14.8 Å². The molecule has 0 atom stereocenters. The van der Waals surface area contributed by atoms with Gasteiger partial charge in [-0.2, -0.15) is 5.26 Å². The number of benzene rings is 2. The summed E-state index contributed by atoms with van der Waals surface area (Å²) in [4.78, 5) is 12.0. The third-order valence-electron chi connectivity index (χ3n) is 3.44. The van der Waals surface area contributed by atoms with E-state index in [0.717, 1.165) is 5.56 Å². The third kappa shape index (κ3) is 5.94. The van der Waals surface area contributed by atoms with Gasteiger partial charge in [-0.05, 0) is 53.0 Å². The highest BCUT2D eigenvalue weighted by Crippen LogP contribution is 2.36. The van der Waals surface area contributed by atoms with E-state index in [1.165, 1.54) is 0 Å². The summed E-state index contributed by atoms with van der Waals surface area (Å²) in [7, 11) is 0. The Morgan fingerprint density at radius 3 is 2.65 bits per heavy atom. The summed E-state index contributed by atoms with van der Waals surface area (Å²) in [5.74, 6) is 0.587. The maximum Gasteiger partial charge on any atom is 0.257 e. The SMILES string of the molecule is CCOc1cc(C#N)cc(Br)c1OCC(=O)NCCc1ccc(Cl)cc1. The number of hydrogen-bond donors (Lipinski definition) is 1. The van der Waals surface area contributed by atoms with Crippen LogP contribution in [0.2, 0.25) is 5.02 Å². The fraction of sp³-hybridized carbons (Fsp3) is 0.263. The van der Waals surface area contributed by atoms with Gasteiger partial charge in [-0.15, -0.1) is 0 Å². The van der Waals surface area contributed by atoms with Gasteiger partial charge in [0.25, 0.3) is 5.91 Å². The minimum absolute atomic E-state index is 0.148. The molecule has 0 unspecified atom stereocenters. The summed E-state index contributed by atoms with van der Waals surface area (Å²) < 4.78 is 11.6. The highest BCUT2D eigenvalue weighted by molar-refractivity contribution is 9.10. The lowest BCUT2D eigenvalue weighted by Gasteiger charge is -2.14. The molecule has 0 bridgehead atoms. The molecule has 0 saturated heterocycles. The van der Waals surface area contributed by atoms with Crippen molar-refractivity contribution in [2.45, 2.75) is 13.3 Å². The first kappa shape index (κ1) is 20.1. The molecule has 0 aliphatic carbocycles. The quantitative estimate of drug-likeness (QED) is 0.674. The van der Waals surface area contributed by atoms with Gasteiger partial charge in [-0.1, -0.05) is 23.7 Å². The van der Waals surface area contributed by atoms with Crippen molar-refractivity contribution < 1.29 is 14.3 Å². The van der Waals surface area contributed by atoms with Gasteiger partial charge in [0.2, 0.25) is 0 Å². The van der Waals surface area contributed by atoms with Gasteiger partial charge in [0.05, 0.1) is 22.7 Å². The first-order chi connectivity index (χ1) is 12.5. The normalized spacial score (nSPS) is 10.1. The van der Waals surface area contributed by atoms with Crippen molar-refractivity contribution in [3.8, 4) is 17.6 Å². The zero-order valence-corrected chi connectivity index (χ0v) is 16.6. The predicted molar refractivity (Wildman–Crippen MR) is 104 cm³/mol. The van der Waals surface area contributed by atoms with Crippen molar-refractivity contribution in [2.24, 2.45) is 0 Å². The van der Waals surface area contributed by atoms with Crippen molar-refractivity contribution in [2.75, 3.05) is 19.8 Å². The zero-order valence-electron chi connectivity index (χ0n) is 14.2. The summed E-state index contributed by atoms with van der Waals surface area (Å²) in [5, 5.41) is 12.5. The van der Waals surface area contributed by atoms with Crippen LogP contribution in [-0.2, 0) is 11.2 Å². The molecule has 0 saturated carbocycles. The van der Waals surface area contributed by atoms with E-state index >= 15 is 0 Å². The largest absolute Gasteiger partial charge is 0.490 e. The van der Waals surface area contributed by atoms with Crippen LogP contribution in [0.4, 0.5) is 0 Å². The Balaban J connectivity index is 1.88. The van der Waals surface area contributed by atoms with E-state index in [2.05, 4.69) is 27.3 Å². The van der Waals surface area contributed by atoms with Gasteiger partial charge in [0.15, 0.2) is 18.1 Å². The van der Waals surface area contributed by atoms with E-state index in [4.69, 9.17) is 26.3 Å². The first-order valence-electron chi connectivity index (χ1n) is 8.04. The maximum atomic E-state index is 12.0. The lowest BCUT2D eigenvalue weighted by atomic mass is 10.1. The smallest absolute Gasteiger partial charge is 0.257 e. The van der Waals surface area contributed by atoms with Crippen LogP contribution < -0.4 is 14.8 Å². The number of carbonyl (C=O) groups is 1. The number of carbonyl (C=O) groups excluding carboxylic acids is 1. The molecular formula is C19H18BrClN2O3. The minimum atomic E-state index is -0.238. The Kier molecular flexibility index (Phi) is 7.76. The average Bonchev–Trinajstić information content (AvgIpc) is 2.62. The van der Waals surface area contributed by atoms with Crippen LogP contribution in [0.15, 0.2) is 40.9 Å². The van der Waals surface area contributed by atoms with Crippen molar-refractivity contribution in [1.82, 2.24) is 5.32 Å². The highest BCUT2D eigenvalue weighted by atomic mass is 79.9. The Hall–Kier alpha value is -2.23. The predicted octanol–water partition coefficient (Wildman–Crippen LogP) is 4.11. The molecule has 2 rings (SSSR count). The van der Waals surface area contributed by atoms with Crippen molar-refractivity contribution in [3.05, 3.63) is 57.0 Å². The fourth-order valence-corrected chi connectivity index (χ4v) is 2.90. The molecular weight excluding hydrogens is 420 g/mol. The number of nitrogens with zero attached hydrogens (tertiary/aromatic N) is 1. The Labute approximate surface area is 166 Å². The molecule has 0 aliphatic rings. The van der Waals surface area contributed by atoms with Crippen LogP contribution >= 0.6 is 27.5 Å². The van der Waals surface area contributed by atoms with Crippen LogP contribution in [0.5, 0.6) is 11.5 Å². The number of halogens is 2. The molecule has 1 N–H and O–H groups in total. The van der Waals surface area contributed by atoms with E-state index in [-0.39, 0.29) is 12.5 Å². The van der Waals surface area contributed by atoms with Crippen LogP contribution in [0, 0.1) is 11.3 Å². The maximum absolute atomic E-state index is 12.0. The van der Waals surface area contributed by atoms with Crippen LogP contribution in [0.25, 0.3) is 0 Å². The molecule has 0 heterocycles. The molecule has 0 aromatic heterocycles. The third-order valence-corrected chi connectivity index (χ3v) is 4.28. The monoisotopic (exact) mass is 436 g/mol. The first-order valence-corrected chi connectivity index (χ1v) is 9.21. The Morgan fingerprint density at radius 1 is 1.27 bits per heavy atom. The fourth-order valence-electron chi connectivity index (χ4n) is 2.22. The van der Waals surface area contributed by atoms with Crippen molar-refractivity contribution >= 4 is 33.4 Å². The number of amides is 1. The molecule has 7 heteroatoms. The summed E-state index contributed by atoms with van der Waals surface area (Å²) >= 11 is 9.19. The molecule has 2 aromatic rings. The summed E-state index contributed by atoms with van der Waals surface area (Å²) in [6.07, 6.45) is 0.702. The number of nitriles is 1. The summed E-state index contributed by atoms with van der Waals surface area (Å²) in [5.41, 5.74) is 1.53. The van der Waals surface area contributed by atoms with Gasteiger partial charge >= 0.3 is 0 Å². The van der Waals surface area contributed by atoms with Crippen molar-refractivity contribution in [3.63, 3.8) is 0 Å². The topological polar surface area (TPSA) is 71.3 Å². The molecule has 0 radical (unpaired) electrons. The average molecular weight is 438 g/mol. The van der Waals surface area contributed by atoms with Gasteiger partial charge in [0, 0.05) is 17.6 Å². The Morgan fingerprint density at radius 2 is 2.00 bits per heavy atom. The highest BCUT2D eigenvalue weighted by Gasteiger charge is 2.14. The lowest BCUT2D eigenvalue weighted by molar-refractivity contribution is -0.123. The molecule has 5 nitrogen and oxygen atoms in total. The zero-order chi connectivity index (χ0) is 18.9. The van der Waals surface area contributed by atoms with E-state index < -0.39 is 0 Å². The number of nitrogens with one attached hydrogen (secondary N) is 1. The second-order valence-electron chi connectivity index (χ2n) is 5.35. The molecule has 1 amide bonds. The minimum Gasteiger partial charge on any atom is -0.490 e. The van der Waals surface area contributed by atoms with Gasteiger partial charge in [0.1, 0.15) is 0 Å². The summed E-state index contributed by atoms with van der Waals surface area (Å²) in [6.45, 7) is 2.60. The Bertz CT molecular complexity index is 804. The standard InChI is InChI=1S/C19H18BrClN2O3/c1-2-25-17-10-14(11-22)9-16(20)19(17)26-12-18(24)23-8-7-13-3-5-15(21)6-4-13/h3-6,9-10H,2,7-8,12H2,1H3,(H,23,24). The lowest BCUT2D eigenvalue weighted by Crippen LogP contribution is -2.30. The molecule has 0 aliphatic heterocycles. The summed E-state index contributed by atoms with van der Waals surface area (Å²) in [6, 6.07) is 12.7. The molecule has 0 fully saturated rings. The van der Waals surface area contributed by atoms with E-state index in [0.29, 0.717) is 46.1 Å². The van der Waals surface area contributed by atoms with Crippen molar-refractivity contribution in [1.29, 1.82) is 5.26 Å². The van der Waals surface area contributed by atoms with E-state index in [9.17, 15) is 4.79 Å². The number of rotatable bonds is 8. The van der Waals surface area contributed by atoms with Gasteiger partial charge in [-0.3, -0.25) is 4.79 Å². The van der Waals surface area contributed by atoms with Crippen LogP contribution in [0.3, 0.4) is 0 Å². The van der Waals surface area contributed by atoms with Crippen LogP contribution in [-0.4, -0.2) is 25.7 Å². The second-order valence-corrected chi connectivity index (χ2v) is 6.64. The van der Waals surface area contributed by atoms with Gasteiger partial charge in [-0.25, -0.2) is 0 Å². The second kappa shape index (κ2) is 10.0. The van der Waals surface area contributed by atoms with E-state index in [1.807, 2.05) is 31.2 Å². The number of hydrogen-bond acceptors (Lipinski definition) is 4. The van der Waals surface area contributed by atoms with E-state index in [1.54, 1.807) is 12.1 Å². The number of ether oxygens (including phenoxy) is 2.